The number of benzene rings is 1. The molecule has 1 heterocycles. The smallest absolute Gasteiger partial charge is 0.239 e. The first kappa shape index (κ1) is 9.70. The van der Waals surface area contributed by atoms with Crippen molar-refractivity contribution in [3.8, 4) is 0 Å². The van der Waals surface area contributed by atoms with Crippen LogP contribution in [0.3, 0.4) is 0 Å². The minimum atomic E-state index is -3.67. The molecule has 4 nitrogen and oxygen atoms in total. The number of nitrogens with two attached hydrogens (primary N) is 1. The van der Waals surface area contributed by atoms with Crippen molar-refractivity contribution in [3.63, 3.8) is 0 Å². The summed E-state index contributed by atoms with van der Waals surface area (Å²) in [5.74, 6) is 0. The topological polar surface area (TPSA) is 76.0 Å². The van der Waals surface area contributed by atoms with E-state index >= 15 is 0 Å². The lowest BCUT2D eigenvalue weighted by Crippen LogP contribution is -2.12. The summed E-state index contributed by atoms with van der Waals surface area (Å²) in [6.07, 6.45) is 1.74. The second kappa shape index (κ2) is 3.08. The van der Waals surface area contributed by atoms with Crippen molar-refractivity contribution in [3.05, 3.63) is 28.9 Å². The molecule has 0 aliphatic heterocycles. The molecule has 3 N–H and O–H groups in total. The van der Waals surface area contributed by atoms with Crippen molar-refractivity contribution in [2.24, 2.45) is 5.14 Å². The Balaban J connectivity index is 2.84. The predicted octanol–water partition coefficient (Wildman–Crippen LogP) is 1.58. The van der Waals surface area contributed by atoms with Crippen LogP contribution < -0.4 is 5.14 Å². The van der Waals surface area contributed by atoms with Crippen molar-refractivity contribution in [2.75, 3.05) is 0 Å². The number of nitrogens with one attached hydrogen (secondary N) is 1. The highest BCUT2D eigenvalue weighted by atomic mass is 79.9. The van der Waals surface area contributed by atoms with E-state index in [0.717, 1.165) is 10.9 Å². The van der Waals surface area contributed by atoms with E-state index in [1.807, 2.05) is 6.07 Å². The van der Waals surface area contributed by atoms with Crippen LogP contribution in [-0.2, 0) is 10.0 Å². The number of aromatic amines is 1. The Hall–Kier alpha value is -0.850. The first-order valence-electron chi connectivity index (χ1n) is 3.78. The maximum absolute atomic E-state index is 11.2. The van der Waals surface area contributed by atoms with Crippen LogP contribution in [0.4, 0.5) is 0 Å². The molecular formula is C8H7BrN2O2S. The SMILES string of the molecule is NS(=O)(=O)c1cc2[nH]ccc2cc1Br. The average molecular weight is 275 g/mol. The number of primary sulfonamides is 1. The van der Waals surface area contributed by atoms with E-state index in [-0.39, 0.29) is 4.90 Å². The number of aromatic nitrogens is 1. The van der Waals surface area contributed by atoms with Crippen LogP contribution in [0.25, 0.3) is 10.9 Å². The average Bonchev–Trinajstić information content (AvgIpc) is 2.47. The fourth-order valence-corrected chi connectivity index (χ4v) is 2.92. The van der Waals surface area contributed by atoms with Crippen LogP contribution in [0.1, 0.15) is 0 Å². The summed E-state index contributed by atoms with van der Waals surface area (Å²) in [5, 5.41) is 5.98. The third kappa shape index (κ3) is 1.56. The Morgan fingerprint density at radius 3 is 2.71 bits per heavy atom. The molecule has 2 aromatic rings. The number of halogens is 1. The number of fused-ring (bicyclic) bond motifs is 1. The molecule has 0 fully saturated rings. The van der Waals surface area contributed by atoms with E-state index < -0.39 is 10.0 Å². The van der Waals surface area contributed by atoms with Crippen LogP contribution in [-0.4, -0.2) is 13.4 Å². The van der Waals surface area contributed by atoms with Crippen LogP contribution in [0.2, 0.25) is 0 Å². The van der Waals surface area contributed by atoms with Gasteiger partial charge in [0.25, 0.3) is 0 Å². The molecule has 0 bridgehead atoms. The number of rotatable bonds is 1. The Bertz CT molecular complexity index is 588. The van der Waals surface area contributed by atoms with Gasteiger partial charge < -0.3 is 4.98 Å². The Morgan fingerprint density at radius 2 is 2.07 bits per heavy atom. The molecule has 0 saturated heterocycles. The van der Waals surface area contributed by atoms with Gasteiger partial charge in [-0.05, 0) is 34.1 Å². The summed E-state index contributed by atoms with van der Waals surface area (Å²) in [6, 6.07) is 5.08. The van der Waals surface area contributed by atoms with Crippen molar-refractivity contribution in [2.45, 2.75) is 4.90 Å². The molecular weight excluding hydrogens is 268 g/mol. The van der Waals surface area contributed by atoms with Gasteiger partial charge in [-0.1, -0.05) is 0 Å². The monoisotopic (exact) mass is 274 g/mol. The molecule has 0 amide bonds. The fourth-order valence-electron chi connectivity index (χ4n) is 1.27. The van der Waals surface area contributed by atoms with E-state index in [0.29, 0.717) is 4.47 Å². The third-order valence-electron chi connectivity index (χ3n) is 1.91. The van der Waals surface area contributed by atoms with Crippen molar-refractivity contribution < 1.29 is 8.42 Å². The molecule has 0 saturated carbocycles. The highest BCUT2D eigenvalue weighted by Crippen LogP contribution is 2.26. The Morgan fingerprint density at radius 1 is 1.36 bits per heavy atom. The van der Waals surface area contributed by atoms with Gasteiger partial charge in [0.05, 0.1) is 4.90 Å². The first-order chi connectivity index (χ1) is 6.48. The maximum atomic E-state index is 11.2. The van der Waals surface area contributed by atoms with Crippen LogP contribution in [0, 0.1) is 0 Å². The minimum Gasteiger partial charge on any atom is -0.361 e. The first-order valence-corrected chi connectivity index (χ1v) is 6.12. The standard InChI is InChI=1S/C8H7BrN2O2S/c9-6-3-5-1-2-11-7(5)4-8(6)14(10,12)13/h1-4,11H,(H2,10,12,13). The second-order valence-electron chi connectivity index (χ2n) is 2.89. The van der Waals surface area contributed by atoms with Gasteiger partial charge >= 0.3 is 0 Å². The zero-order valence-corrected chi connectivity index (χ0v) is 9.39. The number of H-pyrrole nitrogens is 1. The summed E-state index contributed by atoms with van der Waals surface area (Å²) in [5.41, 5.74) is 0.747. The van der Waals surface area contributed by atoms with Gasteiger partial charge in [-0.2, -0.15) is 0 Å². The largest absolute Gasteiger partial charge is 0.361 e. The highest BCUT2D eigenvalue weighted by molar-refractivity contribution is 9.10. The van der Waals surface area contributed by atoms with Gasteiger partial charge in [-0.3, -0.25) is 0 Å². The molecule has 1 aromatic carbocycles. The van der Waals surface area contributed by atoms with Gasteiger partial charge in [0.1, 0.15) is 0 Å². The summed E-state index contributed by atoms with van der Waals surface area (Å²) < 4.78 is 22.8. The van der Waals surface area contributed by atoms with E-state index in [2.05, 4.69) is 20.9 Å². The van der Waals surface area contributed by atoms with Crippen LogP contribution in [0.5, 0.6) is 0 Å². The quantitative estimate of drug-likeness (QED) is 0.829. The molecule has 1 aromatic heterocycles. The Labute approximate surface area is 89.3 Å². The molecule has 74 valence electrons. The highest BCUT2D eigenvalue weighted by Gasteiger charge is 2.13. The lowest BCUT2D eigenvalue weighted by Gasteiger charge is -2.01. The van der Waals surface area contributed by atoms with Crippen LogP contribution >= 0.6 is 15.9 Å². The number of sulfonamides is 1. The molecule has 0 atom stereocenters. The molecule has 0 radical (unpaired) electrons. The van der Waals surface area contributed by atoms with E-state index in [4.69, 9.17) is 5.14 Å². The van der Waals surface area contributed by atoms with Crippen molar-refractivity contribution in [1.82, 2.24) is 4.98 Å². The van der Waals surface area contributed by atoms with Gasteiger partial charge in [-0.25, -0.2) is 13.6 Å². The fraction of sp³-hybridized carbons (Fsp3) is 0. The van der Waals surface area contributed by atoms with E-state index in [1.54, 1.807) is 12.3 Å². The molecule has 6 heteroatoms. The lowest BCUT2D eigenvalue weighted by molar-refractivity contribution is 0.597. The summed E-state index contributed by atoms with van der Waals surface area (Å²) in [7, 11) is -3.67. The van der Waals surface area contributed by atoms with Gasteiger partial charge in [-0.15, -0.1) is 0 Å². The third-order valence-corrected chi connectivity index (χ3v) is 3.78. The van der Waals surface area contributed by atoms with Crippen molar-refractivity contribution >= 4 is 36.9 Å². The minimum absolute atomic E-state index is 0.0902. The summed E-state index contributed by atoms with van der Waals surface area (Å²) >= 11 is 3.16. The molecule has 0 spiro atoms. The lowest BCUT2D eigenvalue weighted by atomic mass is 10.2. The van der Waals surface area contributed by atoms with Gasteiger partial charge in [0.2, 0.25) is 10.0 Å². The van der Waals surface area contributed by atoms with Crippen LogP contribution in [0.15, 0.2) is 33.8 Å². The predicted molar refractivity (Wildman–Crippen MR) is 57.4 cm³/mol. The second-order valence-corrected chi connectivity index (χ2v) is 5.28. The number of hydrogen-bond donors (Lipinski definition) is 2. The Kier molecular flexibility index (Phi) is 2.13. The summed E-state index contributed by atoms with van der Waals surface area (Å²) in [6.45, 7) is 0. The molecule has 2 rings (SSSR count). The zero-order valence-electron chi connectivity index (χ0n) is 6.99. The zero-order chi connectivity index (χ0) is 10.3. The maximum Gasteiger partial charge on any atom is 0.239 e. The van der Waals surface area contributed by atoms with Crippen molar-refractivity contribution in [1.29, 1.82) is 0 Å². The summed E-state index contributed by atoms with van der Waals surface area (Å²) in [4.78, 5) is 3.01. The van der Waals surface area contributed by atoms with Gasteiger partial charge in [0.15, 0.2) is 0 Å². The van der Waals surface area contributed by atoms with E-state index in [1.165, 1.54) is 6.07 Å². The normalized spacial score (nSPS) is 12.1. The van der Waals surface area contributed by atoms with Gasteiger partial charge in [0, 0.05) is 21.6 Å². The molecule has 0 aliphatic rings. The molecule has 0 aliphatic carbocycles. The molecule has 0 unspecified atom stereocenters. The molecule has 14 heavy (non-hydrogen) atoms. The number of hydrogen-bond acceptors (Lipinski definition) is 2. The van der Waals surface area contributed by atoms with E-state index in [9.17, 15) is 8.42 Å².